The second-order valence-electron chi connectivity index (χ2n) is 27.8. The Kier molecular flexibility index (Phi) is 58.3. The predicted octanol–water partition coefficient (Wildman–Crippen LogP) is 17.1. The van der Waals surface area contributed by atoms with Crippen molar-refractivity contribution in [2.75, 3.05) is 19.8 Å². The van der Waals surface area contributed by atoms with E-state index in [0.29, 0.717) is 6.42 Å². The van der Waals surface area contributed by atoms with Gasteiger partial charge in [-0.2, -0.15) is 0 Å². The number of carbonyl (C=O) groups excluding carboxylic acids is 1. The molecule has 0 aromatic carbocycles. The fraction of sp³-hybridized carbons (Fsp3) is 0.935. The van der Waals surface area contributed by atoms with Gasteiger partial charge >= 0.3 is 0 Å². The molecule has 2 saturated heterocycles. The minimum absolute atomic E-state index is 0.232. The molecule has 12 atom stereocenters. The van der Waals surface area contributed by atoms with Gasteiger partial charge in [0.05, 0.1) is 32.0 Å². The molecular weight excluding hydrogens is 1150 g/mol. The Morgan fingerprint density at radius 2 is 0.692 bits per heavy atom. The zero-order valence-electron chi connectivity index (χ0n) is 58.9. The van der Waals surface area contributed by atoms with E-state index >= 15 is 0 Å². The van der Waals surface area contributed by atoms with Crippen molar-refractivity contribution in [1.29, 1.82) is 0 Å². The predicted molar refractivity (Wildman–Crippen MR) is 374 cm³/mol. The molecule has 0 aliphatic carbocycles. The van der Waals surface area contributed by atoms with Crippen molar-refractivity contribution in [2.24, 2.45) is 0 Å². The summed E-state index contributed by atoms with van der Waals surface area (Å²) in [5, 5.41) is 87.6. The van der Waals surface area contributed by atoms with E-state index in [0.717, 1.165) is 38.5 Å². The fourth-order valence-electron chi connectivity index (χ4n) is 13.2. The molecule has 14 nitrogen and oxygen atoms in total. The molecule has 2 heterocycles. The van der Waals surface area contributed by atoms with Gasteiger partial charge in [0.25, 0.3) is 0 Å². The van der Waals surface area contributed by atoms with Crippen LogP contribution >= 0.6 is 0 Å². The first-order valence-corrected chi connectivity index (χ1v) is 39.1. The van der Waals surface area contributed by atoms with Gasteiger partial charge in [0.2, 0.25) is 5.91 Å². The highest BCUT2D eigenvalue weighted by Gasteiger charge is 2.51. The van der Waals surface area contributed by atoms with Crippen LogP contribution in [0.2, 0.25) is 0 Å². The summed E-state index contributed by atoms with van der Waals surface area (Å²) >= 11 is 0. The van der Waals surface area contributed by atoms with Crippen LogP contribution in [0.15, 0.2) is 24.3 Å². The lowest BCUT2D eigenvalue weighted by atomic mass is 9.97. The summed E-state index contributed by atoms with van der Waals surface area (Å²) in [5.74, 6) is -0.232. The molecule has 0 radical (unpaired) electrons. The van der Waals surface area contributed by atoms with E-state index in [1.54, 1.807) is 6.08 Å². The second kappa shape index (κ2) is 62.0. The summed E-state index contributed by atoms with van der Waals surface area (Å²) in [7, 11) is 0. The highest BCUT2D eigenvalue weighted by atomic mass is 16.7. The zero-order chi connectivity index (χ0) is 65.9. The smallest absolute Gasteiger partial charge is 0.220 e. The Morgan fingerprint density at radius 1 is 0.385 bits per heavy atom. The molecule has 2 fully saturated rings. The maximum atomic E-state index is 13.4. The molecule has 91 heavy (non-hydrogen) atoms. The first-order valence-electron chi connectivity index (χ1n) is 39.1. The number of nitrogens with one attached hydrogen (secondary N) is 1. The van der Waals surface area contributed by atoms with Gasteiger partial charge in [0.1, 0.15) is 48.8 Å². The van der Waals surface area contributed by atoms with Crippen LogP contribution in [-0.2, 0) is 23.7 Å². The summed E-state index contributed by atoms with van der Waals surface area (Å²) in [6, 6.07) is -0.914. The van der Waals surface area contributed by atoms with Crippen LogP contribution in [0.3, 0.4) is 0 Å². The Morgan fingerprint density at radius 3 is 1.04 bits per heavy atom. The van der Waals surface area contributed by atoms with Crippen LogP contribution in [-0.4, -0.2) is 140 Å². The molecular formula is C77H147NO13. The number of allylic oxidation sites excluding steroid dienone is 3. The number of amides is 1. The second-order valence-corrected chi connectivity index (χ2v) is 27.8. The quantitative estimate of drug-likeness (QED) is 0.0204. The summed E-state index contributed by atoms with van der Waals surface area (Å²) in [5.41, 5.74) is 0. The van der Waals surface area contributed by atoms with Crippen LogP contribution in [0.5, 0.6) is 0 Å². The SMILES string of the molecule is CCCCCCCCCC/C=C\CCCCCCCCCCCCCCCCCC(=O)NC(COC1OC(CO)C(OC2OC(CO)C(O)C(O)C2O)C(O)C1O)C(O)/C=C/CCCCCCCCCCCCCCCCCCCCCCCCCCCCCC. The zero-order valence-corrected chi connectivity index (χ0v) is 58.9. The number of ether oxygens (including phenoxy) is 4. The molecule has 0 saturated carbocycles. The van der Waals surface area contributed by atoms with Crippen molar-refractivity contribution in [2.45, 2.75) is 441 Å². The molecule has 2 aliphatic rings. The Balaban J connectivity index is 1.63. The average molecular weight is 1300 g/mol. The Bertz CT molecular complexity index is 1620. The lowest BCUT2D eigenvalue weighted by Gasteiger charge is -2.46. The molecule has 12 unspecified atom stereocenters. The molecule has 0 bridgehead atoms. The molecule has 0 aromatic heterocycles. The number of rotatable bonds is 66. The number of hydrogen-bond donors (Lipinski definition) is 9. The number of hydrogen-bond acceptors (Lipinski definition) is 13. The van der Waals surface area contributed by atoms with E-state index in [1.807, 2.05) is 6.08 Å². The van der Waals surface area contributed by atoms with Crippen molar-refractivity contribution >= 4 is 5.91 Å². The molecule has 9 N–H and O–H groups in total. The van der Waals surface area contributed by atoms with Gasteiger partial charge in [0, 0.05) is 6.42 Å². The summed E-state index contributed by atoms with van der Waals surface area (Å²) in [6.45, 7) is 2.87. The maximum Gasteiger partial charge on any atom is 0.220 e. The number of aliphatic hydroxyl groups is 8. The molecule has 2 rings (SSSR count). The summed E-state index contributed by atoms with van der Waals surface area (Å²) < 4.78 is 22.9. The normalized spacial score (nSPS) is 22.8. The summed E-state index contributed by atoms with van der Waals surface area (Å²) in [4.78, 5) is 13.4. The lowest BCUT2D eigenvalue weighted by molar-refractivity contribution is -0.359. The monoisotopic (exact) mass is 1290 g/mol. The number of carbonyl (C=O) groups is 1. The van der Waals surface area contributed by atoms with Crippen molar-refractivity contribution in [3.05, 3.63) is 24.3 Å². The summed E-state index contributed by atoms with van der Waals surface area (Å²) in [6.07, 6.45) is 62.5. The lowest BCUT2D eigenvalue weighted by Crippen LogP contribution is -2.65. The molecule has 2 aliphatic heterocycles. The van der Waals surface area contributed by atoms with E-state index in [1.165, 1.54) is 302 Å². The van der Waals surface area contributed by atoms with Gasteiger partial charge in [0.15, 0.2) is 12.6 Å². The van der Waals surface area contributed by atoms with E-state index < -0.39 is 86.8 Å². The van der Waals surface area contributed by atoms with Crippen LogP contribution in [0.25, 0.3) is 0 Å². The fourth-order valence-corrected chi connectivity index (χ4v) is 13.2. The highest BCUT2D eigenvalue weighted by Crippen LogP contribution is 2.30. The van der Waals surface area contributed by atoms with Crippen molar-refractivity contribution < 1.29 is 64.6 Å². The molecule has 1 amide bonds. The van der Waals surface area contributed by atoms with Gasteiger partial charge < -0.3 is 65.1 Å². The van der Waals surface area contributed by atoms with Crippen LogP contribution in [0, 0.1) is 0 Å². The number of unbranched alkanes of at least 4 members (excludes halogenated alkanes) is 51. The van der Waals surface area contributed by atoms with Crippen molar-refractivity contribution in [3.8, 4) is 0 Å². The molecule has 0 spiro atoms. The maximum absolute atomic E-state index is 13.4. The molecule has 0 aromatic rings. The van der Waals surface area contributed by atoms with E-state index in [4.69, 9.17) is 18.9 Å². The molecule has 14 heteroatoms. The van der Waals surface area contributed by atoms with Crippen LogP contribution in [0.4, 0.5) is 0 Å². The Labute approximate surface area is 558 Å². The van der Waals surface area contributed by atoms with E-state index in [-0.39, 0.29) is 18.9 Å². The van der Waals surface area contributed by atoms with E-state index in [2.05, 4.69) is 31.3 Å². The average Bonchev–Trinajstić information content (AvgIpc) is 1.07. The largest absolute Gasteiger partial charge is 0.394 e. The van der Waals surface area contributed by atoms with Gasteiger partial charge in [-0.3, -0.25) is 4.79 Å². The standard InChI is InChI=1S/C77H147NO13/c1-3-5-7-9-11-13-15-17-19-21-23-25-27-29-31-32-33-35-36-38-40-42-44-46-48-50-52-54-56-58-60-66(81)65(64-88-76-74(87)72(85)75(68(63-80)90-76)91-77-73(86)71(84)70(83)67(62-79)89-77)78-69(82)61-59-57-55-53-51-49-47-45-43-41-39-37-34-30-28-26-24-22-20-18-16-14-12-10-8-6-4-2/h22,24,58,60,65-68,70-77,79-81,83-87H,3-21,23,25-57,59,61-64H2,1-2H3,(H,78,82)/b24-22-,60-58+. The van der Waals surface area contributed by atoms with Gasteiger partial charge in [-0.1, -0.05) is 340 Å². The van der Waals surface area contributed by atoms with Crippen molar-refractivity contribution in [3.63, 3.8) is 0 Å². The third-order valence-electron chi connectivity index (χ3n) is 19.4. The number of aliphatic hydroxyl groups excluding tert-OH is 8. The minimum Gasteiger partial charge on any atom is -0.394 e. The van der Waals surface area contributed by atoms with Gasteiger partial charge in [-0.25, -0.2) is 0 Å². The van der Waals surface area contributed by atoms with Crippen LogP contribution < -0.4 is 5.32 Å². The van der Waals surface area contributed by atoms with Gasteiger partial charge in [-0.05, 0) is 44.9 Å². The van der Waals surface area contributed by atoms with E-state index in [9.17, 15) is 45.6 Å². The topological polar surface area (TPSA) is 228 Å². The first kappa shape index (κ1) is 85.6. The third kappa shape index (κ3) is 45.6. The van der Waals surface area contributed by atoms with Gasteiger partial charge in [-0.15, -0.1) is 0 Å². The third-order valence-corrected chi connectivity index (χ3v) is 19.4. The first-order chi connectivity index (χ1) is 44.6. The van der Waals surface area contributed by atoms with Crippen LogP contribution in [0.1, 0.15) is 367 Å². The van der Waals surface area contributed by atoms with Crippen molar-refractivity contribution in [1.82, 2.24) is 5.32 Å². The Hall–Kier alpha value is -1.53. The highest BCUT2D eigenvalue weighted by molar-refractivity contribution is 5.76. The minimum atomic E-state index is -1.79. The molecule has 538 valence electrons.